The summed E-state index contributed by atoms with van der Waals surface area (Å²) in [5.41, 5.74) is 0. The van der Waals surface area contributed by atoms with Crippen LogP contribution < -0.4 is 28.9 Å². The minimum absolute atomic E-state index is 0. The van der Waals surface area contributed by atoms with E-state index in [2.05, 4.69) is 42.2 Å². The highest BCUT2D eigenvalue weighted by atomic mass is 127. The van der Waals surface area contributed by atoms with Crippen molar-refractivity contribution < 1.29 is 33.4 Å². The van der Waals surface area contributed by atoms with Crippen LogP contribution in [0.5, 0.6) is 0 Å². The number of quaternary nitrogens is 2. The first-order chi connectivity index (χ1) is 4.81. The van der Waals surface area contributed by atoms with E-state index in [1.807, 2.05) is 0 Å². The molecule has 1 N–H and O–H groups in total. The van der Waals surface area contributed by atoms with Crippen LogP contribution in [0.15, 0.2) is 0 Å². The molecule has 0 aliphatic heterocycles. The molecule has 0 aromatic carbocycles. The van der Waals surface area contributed by atoms with Crippen molar-refractivity contribution in [2.75, 3.05) is 48.3 Å². The van der Waals surface area contributed by atoms with Gasteiger partial charge in [0, 0.05) is 0 Å². The molecular formula is C9H24IN2+. The lowest BCUT2D eigenvalue weighted by atomic mass is 10.1. The first-order valence-corrected chi connectivity index (χ1v) is 4.41. The molecule has 1 unspecified atom stereocenters. The highest BCUT2D eigenvalue weighted by Gasteiger charge is 2.15. The van der Waals surface area contributed by atoms with Crippen molar-refractivity contribution >= 4 is 0 Å². The maximum Gasteiger partial charge on any atom is 0.0860 e. The summed E-state index contributed by atoms with van der Waals surface area (Å²) in [5.74, 6) is 0.819. The second kappa shape index (κ2) is 6.16. The predicted molar refractivity (Wildman–Crippen MR) is 49.7 cm³/mol. The molecule has 3 heteroatoms. The topological polar surface area (TPSA) is 4.44 Å². The molecule has 0 aliphatic carbocycles. The third-order valence-electron chi connectivity index (χ3n) is 1.62. The van der Waals surface area contributed by atoms with Crippen molar-refractivity contribution in [3.63, 3.8) is 0 Å². The molecule has 0 aliphatic rings. The number of rotatable bonds is 4. The zero-order valence-electron chi connectivity index (χ0n) is 9.32. The maximum atomic E-state index is 2.33. The molecule has 0 radical (unpaired) electrons. The second-order valence-electron chi connectivity index (χ2n) is 4.99. The van der Waals surface area contributed by atoms with E-state index in [9.17, 15) is 0 Å². The number of nitrogens with one attached hydrogen (secondary N) is 1. The predicted octanol–water partition coefficient (Wildman–Crippen LogP) is -3.52. The SMILES string of the molecule is CC(C[NH+](C)C)C[N+](C)(C)C.[I-]. The van der Waals surface area contributed by atoms with E-state index in [1.165, 1.54) is 13.1 Å². The molecule has 0 fully saturated rings. The summed E-state index contributed by atoms with van der Waals surface area (Å²) < 4.78 is 1.08. The second-order valence-corrected chi connectivity index (χ2v) is 4.99. The first-order valence-electron chi connectivity index (χ1n) is 4.41. The molecule has 0 rings (SSSR count). The Hall–Kier alpha value is 0.650. The molecular weight excluding hydrogens is 263 g/mol. The van der Waals surface area contributed by atoms with E-state index in [1.54, 1.807) is 4.90 Å². The molecule has 0 spiro atoms. The summed E-state index contributed by atoms with van der Waals surface area (Å²) in [6, 6.07) is 0. The minimum Gasteiger partial charge on any atom is -1.00 e. The fourth-order valence-corrected chi connectivity index (χ4v) is 1.70. The van der Waals surface area contributed by atoms with E-state index in [4.69, 9.17) is 0 Å². The van der Waals surface area contributed by atoms with Crippen molar-refractivity contribution in [3.8, 4) is 0 Å². The fourth-order valence-electron chi connectivity index (χ4n) is 1.70. The zero-order valence-corrected chi connectivity index (χ0v) is 11.5. The summed E-state index contributed by atoms with van der Waals surface area (Å²) in [7, 11) is 11.2. The van der Waals surface area contributed by atoms with Crippen LogP contribution in [0.4, 0.5) is 0 Å². The van der Waals surface area contributed by atoms with E-state index in [0.717, 1.165) is 10.4 Å². The number of nitrogens with zero attached hydrogens (tertiary/aromatic N) is 1. The van der Waals surface area contributed by atoms with E-state index in [0.29, 0.717) is 0 Å². The molecule has 0 heterocycles. The van der Waals surface area contributed by atoms with Gasteiger partial charge in [-0.25, -0.2) is 0 Å². The Labute approximate surface area is 94.5 Å². The van der Waals surface area contributed by atoms with Crippen LogP contribution in [0.3, 0.4) is 0 Å². The summed E-state index contributed by atoms with van der Waals surface area (Å²) in [6.07, 6.45) is 0. The fraction of sp³-hybridized carbons (Fsp3) is 1.00. The molecule has 0 saturated heterocycles. The molecule has 0 aromatic rings. The van der Waals surface area contributed by atoms with Crippen molar-refractivity contribution in [2.24, 2.45) is 5.92 Å². The Bertz CT molecular complexity index is 108. The molecule has 0 aromatic heterocycles. The standard InChI is InChI=1S/C9H23N2.HI/c1-9(7-10(2)3)8-11(4,5)6;/h9H,7-8H2,1-6H3;1H/q+1;. The summed E-state index contributed by atoms with van der Waals surface area (Å²) in [4.78, 5) is 1.55. The lowest BCUT2D eigenvalue weighted by Gasteiger charge is -2.27. The van der Waals surface area contributed by atoms with Gasteiger partial charge in [-0.15, -0.1) is 0 Å². The van der Waals surface area contributed by atoms with Gasteiger partial charge in [0.1, 0.15) is 0 Å². The third kappa shape index (κ3) is 10.7. The number of hydrogen-bond acceptors (Lipinski definition) is 0. The lowest BCUT2D eigenvalue weighted by Crippen LogP contribution is -3.06. The van der Waals surface area contributed by atoms with Crippen LogP contribution in [0.25, 0.3) is 0 Å². The molecule has 2 nitrogen and oxygen atoms in total. The van der Waals surface area contributed by atoms with Crippen molar-refractivity contribution in [1.82, 2.24) is 0 Å². The Morgan fingerprint density at radius 3 is 1.83 bits per heavy atom. The minimum atomic E-state index is 0. The van der Waals surface area contributed by atoms with Crippen LogP contribution >= 0.6 is 0 Å². The third-order valence-corrected chi connectivity index (χ3v) is 1.62. The van der Waals surface area contributed by atoms with E-state index in [-0.39, 0.29) is 24.0 Å². The first kappa shape index (κ1) is 15.1. The largest absolute Gasteiger partial charge is 1.00 e. The molecule has 0 amide bonds. The van der Waals surface area contributed by atoms with Gasteiger partial charge < -0.3 is 33.4 Å². The van der Waals surface area contributed by atoms with Crippen LogP contribution in [0.1, 0.15) is 6.92 Å². The average Bonchev–Trinajstić information content (AvgIpc) is 1.53. The lowest BCUT2D eigenvalue weighted by molar-refractivity contribution is -0.891. The Kier molecular flexibility index (Phi) is 7.77. The highest BCUT2D eigenvalue weighted by molar-refractivity contribution is 4.45. The number of halogens is 1. The quantitative estimate of drug-likeness (QED) is 0.404. The van der Waals surface area contributed by atoms with Crippen LogP contribution in [-0.4, -0.2) is 52.8 Å². The van der Waals surface area contributed by atoms with Crippen LogP contribution in [0.2, 0.25) is 0 Å². The van der Waals surface area contributed by atoms with Gasteiger partial charge in [0.05, 0.1) is 54.2 Å². The van der Waals surface area contributed by atoms with Gasteiger partial charge in [-0.05, 0) is 0 Å². The van der Waals surface area contributed by atoms with Crippen molar-refractivity contribution in [3.05, 3.63) is 0 Å². The van der Waals surface area contributed by atoms with Gasteiger partial charge in [0.2, 0.25) is 0 Å². The van der Waals surface area contributed by atoms with Gasteiger partial charge in [-0.1, -0.05) is 6.92 Å². The average molecular weight is 287 g/mol. The van der Waals surface area contributed by atoms with E-state index < -0.39 is 0 Å². The van der Waals surface area contributed by atoms with Crippen LogP contribution in [-0.2, 0) is 0 Å². The summed E-state index contributed by atoms with van der Waals surface area (Å²) in [5, 5.41) is 0. The Morgan fingerprint density at radius 1 is 1.17 bits per heavy atom. The molecule has 12 heavy (non-hydrogen) atoms. The smallest absolute Gasteiger partial charge is 0.0860 e. The molecule has 0 saturated carbocycles. The van der Waals surface area contributed by atoms with Crippen molar-refractivity contribution in [2.45, 2.75) is 6.92 Å². The zero-order chi connectivity index (χ0) is 9.07. The normalized spacial score (nSPS) is 14.2. The monoisotopic (exact) mass is 287 g/mol. The van der Waals surface area contributed by atoms with Gasteiger partial charge in [0.15, 0.2) is 0 Å². The Morgan fingerprint density at radius 2 is 1.58 bits per heavy atom. The van der Waals surface area contributed by atoms with Crippen LogP contribution in [0, 0.1) is 5.92 Å². The van der Waals surface area contributed by atoms with Crippen molar-refractivity contribution in [1.29, 1.82) is 0 Å². The van der Waals surface area contributed by atoms with Gasteiger partial charge >= 0.3 is 0 Å². The summed E-state index contributed by atoms with van der Waals surface area (Å²) >= 11 is 0. The highest BCUT2D eigenvalue weighted by Crippen LogP contribution is 1.98. The van der Waals surface area contributed by atoms with Gasteiger partial charge in [-0.3, -0.25) is 0 Å². The van der Waals surface area contributed by atoms with Gasteiger partial charge in [0.25, 0.3) is 0 Å². The number of hydrogen-bond donors (Lipinski definition) is 1. The molecule has 0 bridgehead atoms. The summed E-state index contributed by atoms with van der Waals surface area (Å²) in [6.45, 7) is 4.87. The molecule has 1 atom stereocenters. The Balaban J connectivity index is 0. The molecule has 76 valence electrons. The maximum absolute atomic E-state index is 2.33. The van der Waals surface area contributed by atoms with E-state index >= 15 is 0 Å². The van der Waals surface area contributed by atoms with Gasteiger partial charge in [-0.2, -0.15) is 0 Å².